The second-order valence-electron chi connectivity index (χ2n) is 7.17. The number of hydrazone groups is 1. The molecule has 0 saturated heterocycles. The lowest BCUT2D eigenvalue weighted by molar-refractivity contribution is -0.121. The lowest BCUT2D eigenvalue weighted by atomic mass is 10.0. The van der Waals surface area contributed by atoms with Crippen LogP contribution in [0.15, 0.2) is 88.9 Å². The number of carbonyl (C=O) groups is 1. The van der Waals surface area contributed by atoms with Gasteiger partial charge in [-0.3, -0.25) is 4.79 Å². The van der Waals surface area contributed by atoms with Crippen LogP contribution in [-0.4, -0.2) is 27.6 Å². The fourth-order valence-electron chi connectivity index (χ4n) is 2.99. The minimum Gasteiger partial charge on any atom is -0.497 e. The van der Waals surface area contributed by atoms with Gasteiger partial charge >= 0.3 is 0 Å². The Labute approximate surface area is 188 Å². The first kappa shape index (κ1) is 23.2. The van der Waals surface area contributed by atoms with Crippen molar-refractivity contribution in [2.45, 2.75) is 24.3 Å². The smallest absolute Gasteiger partial charge is 0.242 e. The molecule has 166 valence electrons. The second-order valence-corrected chi connectivity index (χ2v) is 8.88. The van der Waals surface area contributed by atoms with E-state index in [1.165, 1.54) is 6.21 Å². The summed E-state index contributed by atoms with van der Waals surface area (Å²) < 4.78 is 33.5. The van der Waals surface area contributed by atoms with Crippen LogP contribution in [0.25, 0.3) is 0 Å². The Morgan fingerprint density at radius 3 is 2.28 bits per heavy atom. The van der Waals surface area contributed by atoms with E-state index < -0.39 is 22.0 Å². The summed E-state index contributed by atoms with van der Waals surface area (Å²) >= 11 is 0. The average molecular weight is 452 g/mol. The van der Waals surface area contributed by atoms with Crippen molar-refractivity contribution in [1.29, 1.82) is 0 Å². The highest BCUT2D eigenvalue weighted by Gasteiger charge is 2.23. The number of benzene rings is 3. The quantitative estimate of drug-likeness (QED) is 0.384. The molecule has 7 nitrogen and oxygen atoms in total. The van der Waals surface area contributed by atoms with Crippen molar-refractivity contribution in [2.75, 3.05) is 7.11 Å². The molecule has 3 aromatic rings. The highest BCUT2D eigenvalue weighted by Crippen LogP contribution is 2.21. The Hall–Kier alpha value is -3.49. The molecule has 0 saturated carbocycles. The zero-order valence-electron chi connectivity index (χ0n) is 17.9. The van der Waals surface area contributed by atoms with E-state index in [1.807, 2.05) is 13.0 Å². The first-order valence-corrected chi connectivity index (χ1v) is 11.5. The van der Waals surface area contributed by atoms with Crippen molar-refractivity contribution < 1.29 is 17.9 Å². The zero-order valence-corrected chi connectivity index (χ0v) is 18.7. The molecular weight excluding hydrogens is 426 g/mol. The van der Waals surface area contributed by atoms with Gasteiger partial charge < -0.3 is 4.74 Å². The summed E-state index contributed by atoms with van der Waals surface area (Å²) in [5.74, 6) is 0.299. The van der Waals surface area contributed by atoms with Gasteiger partial charge in [0.1, 0.15) is 5.75 Å². The van der Waals surface area contributed by atoms with E-state index in [4.69, 9.17) is 4.74 Å². The van der Waals surface area contributed by atoms with E-state index in [1.54, 1.807) is 79.9 Å². The van der Waals surface area contributed by atoms with Crippen LogP contribution in [0.5, 0.6) is 5.75 Å². The van der Waals surface area contributed by atoms with Crippen LogP contribution in [0.1, 0.15) is 29.2 Å². The summed E-state index contributed by atoms with van der Waals surface area (Å²) in [7, 11) is -2.24. The fraction of sp³-hybridized carbons (Fsp3) is 0.167. The van der Waals surface area contributed by atoms with Crippen molar-refractivity contribution in [1.82, 2.24) is 10.1 Å². The molecule has 0 aromatic heterocycles. The largest absolute Gasteiger partial charge is 0.497 e. The summed E-state index contributed by atoms with van der Waals surface area (Å²) in [6.07, 6.45) is 1.39. The molecular formula is C24H25N3O4S. The van der Waals surface area contributed by atoms with E-state index in [9.17, 15) is 13.2 Å². The van der Waals surface area contributed by atoms with Crippen LogP contribution >= 0.6 is 0 Å². The van der Waals surface area contributed by atoms with Gasteiger partial charge in [0, 0.05) is 6.42 Å². The van der Waals surface area contributed by atoms with Crippen molar-refractivity contribution in [3.05, 3.63) is 95.6 Å². The van der Waals surface area contributed by atoms with Crippen LogP contribution in [-0.2, 0) is 14.8 Å². The van der Waals surface area contributed by atoms with Crippen LogP contribution in [0, 0.1) is 6.92 Å². The normalized spacial score (nSPS) is 12.4. The maximum Gasteiger partial charge on any atom is 0.242 e. The number of sulfonamides is 1. The predicted molar refractivity (Wildman–Crippen MR) is 124 cm³/mol. The van der Waals surface area contributed by atoms with Crippen molar-refractivity contribution in [2.24, 2.45) is 5.10 Å². The third-order valence-corrected chi connectivity index (χ3v) is 6.23. The molecule has 0 aliphatic heterocycles. The topological polar surface area (TPSA) is 96.9 Å². The summed E-state index contributed by atoms with van der Waals surface area (Å²) in [4.78, 5) is 12.6. The maximum absolute atomic E-state index is 12.9. The Morgan fingerprint density at radius 2 is 1.66 bits per heavy atom. The van der Waals surface area contributed by atoms with Gasteiger partial charge in [-0.2, -0.15) is 5.10 Å². The number of ether oxygens (including phenoxy) is 1. The van der Waals surface area contributed by atoms with Crippen LogP contribution in [0.3, 0.4) is 0 Å². The Bertz CT molecular complexity index is 1160. The van der Waals surface area contributed by atoms with Gasteiger partial charge in [0.2, 0.25) is 15.9 Å². The van der Waals surface area contributed by atoms with E-state index in [0.29, 0.717) is 5.56 Å². The Kier molecular flexibility index (Phi) is 7.75. The fourth-order valence-corrected chi connectivity index (χ4v) is 4.21. The summed E-state index contributed by atoms with van der Waals surface area (Å²) in [5, 5.41) is 3.97. The maximum atomic E-state index is 12.9. The highest BCUT2D eigenvalue weighted by atomic mass is 32.2. The summed E-state index contributed by atoms with van der Waals surface area (Å²) in [5.41, 5.74) is 4.87. The third kappa shape index (κ3) is 6.50. The standard InChI is InChI=1S/C24H25N3O4S/c1-18-8-14-22(15-9-18)32(29,30)27-23(20-6-4-3-5-7-20)16-24(28)26-25-17-19-10-12-21(31-2)13-11-19/h3-15,17,23,27H,16H2,1-2H3,(H,26,28)/b25-17-/t23-/m0/s1. The van der Waals surface area contributed by atoms with E-state index in [0.717, 1.165) is 16.9 Å². The second kappa shape index (κ2) is 10.7. The molecule has 0 heterocycles. The molecule has 1 amide bonds. The van der Waals surface area contributed by atoms with Gasteiger partial charge in [0.25, 0.3) is 0 Å². The average Bonchev–Trinajstić information content (AvgIpc) is 2.80. The predicted octanol–water partition coefficient (Wildman–Crippen LogP) is 3.56. The minimum atomic E-state index is -3.82. The Balaban J connectivity index is 1.71. The molecule has 3 aromatic carbocycles. The lowest BCUT2D eigenvalue weighted by Gasteiger charge is -2.18. The molecule has 0 aliphatic carbocycles. The van der Waals surface area contributed by atoms with Crippen LogP contribution < -0.4 is 14.9 Å². The van der Waals surface area contributed by atoms with E-state index in [2.05, 4.69) is 15.2 Å². The molecule has 0 radical (unpaired) electrons. The number of hydrogen-bond donors (Lipinski definition) is 2. The number of carbonyl (C=O) groups excluding carboxylic acids is 1. The van der Waals surface area contributed by atoms with Crippen molar-refractivity contribution in [3.8, 4) is 5.75 Å². The van der Waals surface area contributed by atoms with Gasteiger partial charge in [-0.25, -0.2) is 18.6 Å². The monoisotopic (exact) mass is 451 g/mol. The van der Waals surface area contributed by atoms with Crippen molar-refractivity contribution in [3.63, 3.8) is 0 Å². The third-order valence-electron chi connectivity index (χ3n) is 4.74. The number of aryl methyl sites for hydroxylation is 1. The first-order valence-electron chi connectivity index (χ1n) is 9.97. The summed E-state index contributed by atoms with van der Waals surface area (Å²) in [6.45, 7) is 1.88. The SMILES string of the molecule is COc1ccc(/C=N\NC(=O)C[C@H](NS(=O)(=O)c2ccc(C)cc2)c2ccccc2)cc1. The number of amides is 1. The molecule has 0 spiro atoms. The number of hydrogen-bond acceptors (Lipinski definition) is 5. The molecule has 3 rings (SSSR count). The molecule has 32 heavy (non-hydrogen) atoms. The van der Waals surface area contributed by atoms with Crippen LogP contribution in [0.4, 0.5) is 0 Å². The first-order chi connectivity index (χ1) is 15.4. The molecule has 2 N–H and O–H groups in total. The van der Waals surface area contributed by atoms with Gasteiger partial charge in [-0.15, -0.1) is 0 Å². The van der Waals surface area contributed by atoms with Crippen molar-refractivity contribution >= 4 is 22.1 Å². The molecule has 0 fully saturated rings. The van der Waals surface area contributed by atoms with Gasteiger partial charge in [-0.05, 0) is 54.4 Å². The zero-order chi connectivity index (χ0) is 23.0. The molecule has 1 atom stereocenters. The summed E-state index contributed by atoms with van der Waals surface area (Å²) in [6, 6.07) is 21.9. The number of rotatable bonds is 9. The molecule has 0 unspecified atom stereocenters. The van der Waals surface area contributed by atoms with E-state index in [-0.39, 0.29) is 11.3 Å². The number of nitrogens with zero attached hydrogens (tertiary/aromatic N) is 1. The minimum absolute atomic E-state index is 0.116. The Morgan fingerprint density at radius 1 is 1.00 bits per heavy atom. The molecule has 0 bridgehead atoms. The van der Waals surface area contributed by atoms with Gasteiger partial charge in [-0.1, -0.05) is 48.0 Å². The number of methoxy groups -OCH3 is 1. The molecule has 0 aliphatic rings. The highest BCUT2D eigenvalue weighted by molar-refractivity contribution is 7.89. The van der Waals surface area contributed by atoms with Crippen LogP contribution in [0.2, 0.25) is 0 Å². The number of nitrogens with one attached hydrogen (secondary N) is 2. The van der Waals surface area contributed by atoms with E-state index >= 15 is 0 Å². The molecule has 8 heteroatoms. The van der Waals surface area contributed by atoms with Gasteiger partial charge in [0.15, 0.2) is 0 Å². The lowest BCUT2D eigenvalue weighted by Crippen LogP contribution is -2.32. The van der Waals surface area contributed by atoms with Gasteiger partial charge in [0.05, 0.1) is 24.3 Å².